The average molecular weight is 258 g/mol. The van der Waals surface area contributed by atoms with E-state index in [1.54, 1.807) is 24.3 Å². The zero-order valence-corrected chi connectivity index (χ0v) is 9.64. The van der Waals surface area contributed by atoms with Gasteiger partial charge in [0.05, 0.1) is 23.3 Å². The maximum Gasteiger partial charge on any atom is 0.279 e. The van der Waals surface area contributed by atoms with Gasteiger partial charge in [0.25, 0.3) is 5.91 Å². The van der Waals surface area contributed by atoms with Crippen molar-refractivity contribution >= 4 is 46.0 Å². The lowest BCUT2D eigenvalue weighted by Crippen LogP contribution is -1.97. The van der Waals surface area contributed by atoms with Gasteiger partial charge in [-0.15, -0.1) is 8.13 Å². The molecular weight excluding hydrogens is 254 g/mol. The van der Waals surface area contributed by atoms with Crippen LogP contribution in [0.25, 0.3) is 0 Å². The number of amides is 1. The van der Waals surface area contributed by atoms with Gasteiger partial charge < -0.3 is 0 Å². The van der Waals surface area contributed by atoms with Crippen LogP contribution < -0.4 is 0 Å². The van der Waals surface area contributed by atoms with Crippen molar-refractivity contribution in [3.05, 3.63) is 34.9 Å². The van der Waals surface area contributed by atoms with E-state index in [-0.39, 0.29) is 5.91 Å². The second kappa shape index (κ2) is 4.69. The van der Waals surface area contributed by atoms with E-state index in [4.69, 9.17) is 11.6 Å². The van der Waals surface area contributed by atoms with Gasteiger partial charge in [-0.3, -0.25) is 4.79 Å². The second-order valence-electron chi connectivity index (χ2n) is 2.55. The van der Waals surface area contributed by atoms with Crippen LogP contribution in [0.1, 0.15) is 10.4 Å². The fraction of sp³-hybridized carbons (Fsp3) is 0. The number of carbonyl (C=O) groups is 1. The van der Waals surface area contributed by atoms with Crippen molar-refractivity contribution in [2.24, 2.45) is 13.1 Å². The highest BCUT2D eigenvalue weighted by atomic mass is 35.5. The first-order valence-electron chi connectivity index (χ1n) is 3.89. The zero-order chi connectivity index (χ0) is 10.7. The summed E-state index contributed by atoms with van der Waals surface area (Å²) in [4.78, 5) is 15.3. The molecule has 0 aliphatic carbocycles. The predicted molar refractivity (Wildman–Crippen MR) is 63.0 cm³/mol. The van der Waals surface area contributed by atoms with Crippen LogP contribution in [0, 0.1) is 0 Å². The molecule has 4 nitrogen and oxygen atoms in total. The summed E-state index contributed by atoms with van der Waals surface area (Å²) >= 11 is 7.82. The van der Waals surface area contributed by atoms with Crippen molar-refractivity contribution < 1.29 is 4.79 Å². The minimum absolute atomic E-state index is 0.337. The summed E-state index contributed by atoms with van der Waals surface area (Å²) in [6.07, 6.45) is 0. The van der Waals surface area contributed by atoms with E-state index in [2.05, 4.69) is 13.1 Å². The predicted octanol–water partition coefficient (Wildman–Crippen LogP) is 2.95. The molecular formula is C8H4ClN3OS2. The Hall–Kier alpha value is -0.980. The molecule has 7 heteroatoms. The van der Waals surface area contributed by atoms with Crippen LogP contribution in [0.3, 0.4) is 0 Å². The van der Waals surface area contributed by atoms with Gasteiger partial charge in [0.15, 0.2) is 0 Å². The topological polar surface area (TPSA) is 54.1 Å². The summed E-state index contributed by atoms with van der Waals surface area (Å²) in [5, 5.41) is 0.963. The third-order valence-electron chi connectivity index (χ3n) is 1.56. The largest absolute Gasteiger partial charge is 0.279 e. The molecule has 0 atom stereocenters. The van der Waals surface area contributed by atoms with Crippen LogP contribution in [0.15, 0.2) is 37.4 Å². The van der Waals surface area contributed by atoms with Crippen LogP contribution in [0.5, 0.6) is 0 Å². The van der Waals surface area contributed by atoms with Gasteiger partial charge in [-0.25, -0.2) is 0 Å². The van der Waals surface area contributed by atoms with E-state index in [1.165, 1.54) is 0 Å². The van der Waals surface area contributed by atoms with Gasteiger partial charge in [0, 0.05) is 10.6 Å². The lowest BCUT2D eigenvalue weighted by atomic mass is 10.2. The van der Waals surface area contributed by atoms with Crippen molar-refractivity contribution in [3.63, 3.8) is 0 Å². The van der Waals surface area contributed by atoms with Crippen LogP contribution in [-0.2, 0) is 11.4 Å². The minimum Gasteiger partial charge on any atom is -0.267 e. The summed E-state index contributed by atoms with van der Waals surface area (Å²) in [5.74, 6) is -0.337. The molecule has 1 aromatic rings. The van der Waals surface area contributed by atoms with Crippen LogP contribution in [0.2, 0.25) is 5.02 Å². The molecule has 1 aliphatic rings. The van der Waals surface area contributed by atoms with Gasteiger partial charge in [-0.1, -0.05) is 11.6 Å². The van der Waals surface area contributed by atoms with Crippen LogP contribution in [0.4, 0.5) is 0 Å². The third-order valence-corrected chi connectivity index (χ3v) is 3.09. The van der Waals surface area contributed by atoms with Gasteiger partial charge in [0.2, 0.25) is 5.17 Å². The van der Waals surface area contributed by atoms with Crippen molar-refractivity contribution in [1.29, 1.82) is 0 Å². The Morgan fingerprint density at radius 1 is 1.33 bits per heavy atom. The molecule has 1 heterocycles. The molecule has 76 valence electrons. The van der Waals surface area contributed by atoms with Crippen molar-refractivity contribution in [2.45, 2.75) is 0 Å². The number of benzene rings is 1. The van der Waals surface area contributed by atoms with Gasteiger partial charge >= 0.3 is 0 Å². The summed E-state index contributed by atoms with van der Waals surface area (Å²) < 4.78 is 7.62. The molecule has 2 rings (SSSR count). The molecule has 0 spiro atoms. The standard InChI is InChI=1S/C8H4ClN3OS2/c9-6-3-1-5(2-4-6)7(13)10-8-11-15-12-14-8/h1-4H. The van der Waals surface area contributed by atoms with Gasteiger partial charge in [-0.05, 0) is 24.3 Å². The summed E-state index contributed by atoms with van der Waals surface area (Å²) in [6.45, 7) is 0. The Kier molecular flexibility index (Phi) is 3.30. The van der Waals surface area contributed by atoms with Crippen LogP contribution in [-0.4, -0.2) is 11.1 Å². The van der Waals surface area contributed by atoms with Crippen molar-refractivity contribution in [2.75, 3.05) is 0 Å². The Morgan fingerprint density at radius 3 is 2.67 bits per heavy atom. The number of rotatable bonds is 1. The fourth-order valence-electron chi connectivity index (χ4n) is 0.903. The quantitative estimate of drug-likeness (QED) is 0.727. The maximum absolute atomic E-state index is 11.6. The lowest BCUT2D eigenvalue weighted by molar-refractivity contribution is 0.100. The highest BCUT2D eigenvalue weighted by Gasteiger charge is 2.08. The van der Waals surface area contributed by atoms with Gasteiger partial charge in [-0.2, -0.15) is 4.99 Å². The fourth-order valence-corrected chi connectivity index (χ4v) is 2.03. The van der Waals surface area contributed by atoms with E-state index in [0.29, 0.717) is 15.8 Å². The molecule has 1 aliphatic heterocycles. The molecule has 0 N–H and O–H groups in total. The number of nitrogens with zero attached hydrogens (tertiary/aromatic N) is 3. The zero-order valence-electron chi connectivity index (χ0n) is 7.25. The highest BCUT2D eigenvalue weighted by molar-refractivity contribution is 8.16. The summed E-state index contributed by atoms with van der Waals surface area (Å²) in [6, 6.07) is 6.54. The molecule has 0 saturated carbocycles. The molecule has 0 fully saturated rings. The summed E-state index contributed by atoms with van der Waals surface area (Å²) in [7, 11) is 0. The Bertz CT molecular complexity index is 491. The molecule has 0 aromatic heterocycles. The van der Waals surface area contributed by atoms with E-state index >= 15 is 0 Å². The molecule has 1 aromatic carbocycles. The second-order valence-corrected chi connectivity index (χ2v) is 4.47. The minimum atomic E-state index is -0.337. The smallest absolute Gasteiger partial charge is 0.267 e. The third kappa shape index (κ3) is 2.74. The SMILES string of the molecule is O=C(N=C1N=S=NS1)c1ccc(Cl)cc1. The number of hydrogen-bond acceptors (Lipinski definition) is 3. The number of aliphatic imine (C=N–C) groups is 1. The van der Waals surface area contributed by atoms with E-state index in [1.807, 2.05) is 0 Å². The van der Waals surface area contributed by atoms with Crippen LogP contribution >= 0.6 is 23.5 Å². The molecule has 0 unspecified atom stereocenters. The van der Waals surface area contributed by atoms with Crippen molar-refractivity contribution in [1.82, 2.24) is 0 Å². The first kappa shape index (κ1) is 10.5. The number of halogens is 1. The maximum atomic E-state index is 11.6. The van der Waals surface area contributed by atoms with Crippen molar-refractivity contribution in [3.8, 4) is 0 Å². The first-order chi connectivity index (χ1) is 7.25. The lowest BCUT2D eigenvalue weighted by Gasteiger charge is -1.95. The molecule has 15 heavy (non-hydrogen) atoms. The Balaban J connectivity index is 2.18. The Labute approximate surface area is 98.8 Å². The van der Waals surface area contributed by atoms with E-state index < -0.39 is 0 Å². The number of carbonyl (C=O) groups excluding carboxylic acids is 1. The normalized spacial score (nSPS) is 16.7. The highest BCUT2D eigenvalue weighted by Crippen LogP contribution is 2.14. The van der Waals surface area contributed by atoms with Gasteiger partial charge in [0.1, 0.15) is 0 Å². The molecule has 0 saturated heterocycles. The molecule has 0 radical (unpaired) electrons. The Morgan fingerprint density at radius 2 is 2.07 bits per heavy atom. The average Bonchev–Trinajstić information content (AvgIpc) is 2.71. The van der Waals surface area contributed by atoms with E-state index in [9.17, 15) is 4.79 Å². The molecule has 0 bridgehead atoms. The van der Waals surface area contributed by atoms with E-state index in [0.717, 1.165) is 23.3 Å². The monoisotopic (exact) mass is 257 g/mol. The summed E-state index contributed by atoms with van der Waals surface area (Å²) in [5.41, 5.74) is 0.486. The first-order valence-corrected chi connectivity index (χ1v) is 5.77. The molecule has 1 amide bonds. The number of amidine groups is 1. The number of hydrogen-bond donors (Lipinski definition) is 0.